The first kappa shape index (κ1) is 37.0. The summed E-state index contributed by atoms with van der Waals surface area (Å²) in [5, 5.41) is 0. The highest BCUT2D eigenvalue weighted by molar-refractivity contribution is 7.45. The van der Waals surface area contributed by atoms with E-state index in [9.17, 15) is 9.46 Å². The van der Waals surface area contributed by atoms with E-state index in [2.05, 4.69) is 6.92 Å². The average Bonchev–Trinajstić information content (AvgIpc) is 2.83. The van der Waals surface area contributed by atoms with Gasteiger partial charge in [0.05, 0.1) is 34.4 Å². The first-order valence-corrected chi connectivity index (χ1v) is 16.7. The molecule has 0 radical (unpaired) electrons. The number of ether oxygens (including phenoxy) is 2. The SMILES string of the molecule is CCCCCCCCCCCCCCCCCCCCOCC(COP(=O)([O-])OCC[N+](C)(C)C)OC. The van der Waals surface area contributed by atoms with Crippen LogP contribution in [0.4, 0.5) is 0 Å². The molecule has 37 heavy (non-hydrogen) atoms. The Bertz CT molecular complexity index is 529. The zero-order valence-corrected chi connectivity index (χ0v) is 26.1. The maximum Gasteiger partial charge on any atom is 0.268 e. The smallest absolute Gasteiger partial charge is 0.268 e. The van der Waals surface area contributed by atoms with E-state index in [1.165, 1.54) is 116 Å². The van der Waals surface area contributed by atoms with Gasteiger partial charge in [0.1, 0.15) is 19.3 Å². The van der Waals surface area contributed by atoms with Gasteiger partial charge in [-0.25, -0.2) is 0 Å². The van der Waals surface area contributed by atoms with Crippen molar-refractivity contribution in [2.75, 3.05) is 61.2 Å². The van der Waals surface area contributed by atoms with Crippen molar-refractivity contribution in [3.8, 4) is 0 Å². The van der Waals surface area contributed by atoms with Crippen molar-refractivity contribution in [1.82, 2.24) is 0 Å². The molecule has 0 N–H and O–H groups in total. The average molecular weight is 552 g/mol. The lowest BCUT2D eigenvalue weighted by atomic mass is 10.0. The van der Waals surface area contributed by atoms with Gasteiger partial charge >= 0.3 is 0 Å². The van der Waals surface area contributed by atoms with Crippen molar-refractivity contribution in [2.45, 2.75) is 129 Å². The number of unbranched alkanes of at least 4 members (excludes halogenated alkanes) is 17. The first-order chi connectivity index (χ1) is 17.7. The molecule has 0 aliphatic heterocycles. The second-order valence-electron chi connectivity index (χ2n) is 11.5. The van der Waals surface area contributed by atoms with E-state index < -0.39 is 13.9 Å². The minimum Gasteiger partial charge on any atom is -0.756 e. The Morgan fingerprint density at radius 1 is 0.649 bits per heavy atom. The lowest BCUT2D eigenvalue weighted by Gasteiger charge is -2.28. The van der Waals surface area contributed by atoms with Crippen LogP contribution < -0.4 is 4.89 Å². The lowest BCUT2D eigenvalue weighted by Crippen LogP contribution is -2.37. The molecule has 7 nitrogen and oxygen atoms in total. The lowest BCUT2D eigenvalue weighted by molar-refractivity contribution is -0.870. The topological polar surface area (TPSA) is 77.1 Å². The van der Waals surface area contributed by atoms with Gasteiger partial charge in [-0.2, -0.15) is 0 Å². The van der Waals surface area contributed by atoms with Gasteiger partial charge in [-0.1, -0.05) is 116 Å². The standard InChI is InChI=1S/C29H62NO6P/c1-6-7-8-9-10-11-12-13-14-15-16-17-18-19-20-21-22-23-25-34-27-29(33-5)28-36-37(31,32)35-26-24-30(2,3)4/h29H,6-28H2,1-5H3. The second kappa shape index (κ2) is 25.0. The summed E-state index contributed by atoms with van der Waals surface area (Å²) in [4.78, 5) is 11.9. The molecule has 0 bridgehead atoms. The van der Waals surface area contributed by atoms with Crippen LogP contribution in [0.5, 0.6) is 0 Å². The summed E-state index contributed by atoms with van der Waals surface area (Å²) in [6.07, 6.45) is 24.0. The normalized spacial score (nSPS) is 14.6. The van der Waals surface area contributed by atoms with E-state index >= 15 is 0 Å². The van der Waals surface area contributed by atoms with Gasteiger partial charge in [-0.3, -0.25) is 4.57 Å². The molecule has 2 atom stereocenters. The Morgan fingerprint density at radius 3 is 1.49 bits per heavy atom. The molecule has 0 fully saturated rings. The van der Waals surface area contributed by atoms with Gasteiger partial charge in [0, 0.05) is 13.7 Å². The molecule has 0 heterocycles. The fourth-order valence-electron chi connectivity index (χ4n) is 4.14. The van der Waals surface area contributed by atoms with Crippen molar-refractivity contribution in [3.63, 3.8) is 0 Å². The monoisotopic (exact) mass is 551 g/mol. The van der Waals surface area contributed by atoms with Gasteiger partial charge in [0.15, 0.2) is 0 Å². The molecule has 0 aromatic carbocycles. The van der Waals surface area contributed by atoms with Crippen molar-refractivity contribution in [2.24, 2.45) is 0 Å². The van der Waals surface area contributed by atoms with Gasteiger partial charge in [0.25, 0.3) is 7.82 Å². The van der Waals surface area contributed by atoms with Crippen LogP contribution in [0.3, 0.4) is 0 Å². The van der Waals surface area contributed by atoms with Crippen LogP contribution in [0, 0.1) is 0 Å². The van der Waals surface area contributed by atoms with Gasteiger partial charge in [-0.05, 0) is 6.42 Å². The van der Waals surface area contributed by atoms with Crippen molar-refractivity contribution in [1.29, 1.82) is 0 Å². The van der Waals surface area contributed by atoms with Gasteiger partial charge < -0.3 is 27.9 Å². The van der Waals surface area contributed by atoms with Crippen LogP contribution in [0.2, 0.25) is 0 Å². The third-order valence-corrected chi connectivity index (χ3v) is 7.67. The number of phosphoric ester groups is 1. The molecule has 0 saturated heterocycles. The third-order valence-electron chi connectivity index (χ3n) is 6.71. The molecule has 8 heteroatoms. The fourth-order valence-corrected chi connectivity index (χ4v) is 4.87. The van der Waals surface area contributed by atoms with Crippen molar-refractivity contribution < 1.29 is 32.5 Å². The van der Waals surface area contributed by atoms with E-state index in [0.29, 0.717) is 24.2 Å². The maximum atomic E-state index is 11.9. The largest absolute Gasteiger partial charge is 0.756 e. The molecule has 0 aromatic heterocycles. The van der Waals surface area contributed by atoms with Crippen LogP contribution in [0.1, 0.15) is 122 Å². The summed E-state index contributed by atoms with van der Waals surface area (Å²) in [5.41, 5.74) is 0. The number of methoxy groups -OCH3 is 1. The quantitative estimate of drug-likeness (QED) is 0.0553. The first-order valence-electron chi connectivity index (χ1n) is 15.2. The molecular weight excluding hydrogens is 489 g/mol. The van der Waals surface area contributed by atoms with E-state index in [4.69, 9.17) is 18.5 Å². The van der Waals surface area contributed by atoms with Crippen LogP contribution >= 0.6 is 7.82 Å². The van der Waals surface area contributed by atoms with Crippen LogP contribution in [0.25, 0.3) is 0 Å². The Balaban J connectivity index is 3.44. The molecule has 0 spiro atoms. The highest BCUT2D eigenvalue weighted by Crippen LogP contribution is 2.38. The Labute approximate surface area is 230 Å². The van der Waals surface area contributed by atoms with Crippen LogP contribution in [0.15, 0.2) is 0 Å². The summed E-state index contributed by atoms with van der Waals surface area (Å²) < 4.78 is 33.3. The number of hydrogen-bond acceptors (Lipinski definition) is 6. The zero-order chi connectivity index (χ0) is 27.7. The van der Waals surface area contributed by atoms with Crippen molar-refractivity contribution in [3.05, 3.63) is 0 Å². The summed E-state index contributed by atoms with van der Waals surface area (Å²) in [7, 11) is 3.12. The molecular formula is C29H62NO6P. The number of phosphoric acid groups is 1. The van der Waals surface area contributed by atoms with Crippen LogP contribution in [-0.2, 0) is 23.1 Å². The molecule has 0 amide bonds. The number of quaternary nitrogens is 1. The Hall–Kier alpha value is -0.0100. The molecule has 2 unspecified atom stereocenters. The van der Waals surface area contributed by atoms with E-state index in [-0.39, 0.29) is 13.2 Å². The van der Waals surface area contributed by atoms with Gasteiger partial charge in [0.2, 0.25) is 0 Å². The van der Waals surface area contributed by atoms with E-state index in [0.717, 1.165) is 6.42 Å². The van der Waals surface area contributed by atoms with E-state index in [1.807, 2.05) is 21.1 Å². The highest BCUT2D eigenvalue weighted by atomic mass is 31.2. The Kier molecular flexibility index (Phi) is 25.0. The number of hydrogen-bond donors (Lipinski definition) is 0. The number of likely N-dealkylation sites (N-methyl/N-ethyl adjacent to an activating group) is 1. The van der Waals surface area contributed by atoms with E-state index in [1.54, 1.807) is 0 Å². The predicted octanol–water partition coefficient (Wildman–Crippen LogP) is 7.27. The highest BCUT2D eigenvalue weighted by Gasteiger charge is 2.16. The van der Waals surface area contributed by atoms with Crippen LogP contribution in [-0.4, -0.2) is 71.8 Å². The molecule has 0 aliphatic carbocycles. The fraction of sp³-hybridized carbons (Fsp3) is 1.00. The number of rotatable bonds is 29. The van der Waals surface area contributed by atoms with Crippen molar-refractivity contribution >= 4 is 7.82 Å². The Morgan fingerprint density at radius 2 is 1.08 bits per heavy atom. The third kappa shape index (κ3) is 28.8. The summed E-state index contributed by atoms with van der Waals surface area (Å²) >= 11 is 0. The molecule has 0 aliphatic rings. The second-order valence-corrected chi connectivity index (χ2v) is 12.9. The molecule has 224 valence electrons. The summed E-state index contributed by atoms with van der Waals surface area (Å²) in [5.74, 6) is 0. The minimum atomic E-state index is -4.32. The predicted molar refractivity (Wildman–Crippen MR) is 153 cm³/mol. The molecule has 0 saturated carbocycles. The summed E-state index contributed by atoms with van der Waals surface area (Å²) in [6.45, 7) is 3.83. The zero-order valence-electron chi connectivity index (χ0n) is 25.2. The van der Waals surface area contributed by atoms with Gasteiger partial charge in [-0.15, -0.1) is 0 Å². The summed E-state index contributed by atoms with van der Waals surface area (Å²) in [6, 6.07) is 0. The molecule has 0 rings (SSSR count). The number of nitrogens with zero attached hydrogens (tertiary/aromatic N) is 1. The molecule has 0 aromatic rings. The maximum absolute atomic E-state index is 11.9. The minimum absolute atomic E-state index is 0.0950.